The molecule has 1 fully saturated rings. The van der Waals surface area contributed by atoms with Crippen LogP contribution in [0.2, 0.25) is 0 Å². The van der Waals surface area contributed by atoms with E-state index in [9.17, 15) is 4.79 Å². The van der Waals surface area contributed by atoms with Crippen LogP contribution in [0, 0.1) is 6.92 Å². The Kier molecular flexibility index (Phi) is 5.94. The lowest BCUT2D eigenvalue weighted by Gasteiger charge is -2.28. The van der Waals surface area contributed by atoms with Crippen LogP contribution >= 0.6 is 15.9 Å². The quantitative estimate of drug-likeness (QED) is 0.799. The summed E-state index contributed by atoms with van der Waals surface area (Å²) in [4.78, 5) is 14.4. The van der Waals surface area contributed by atoms with Crippen LogP contribution in [0.1, 0.15) is 5.56 Å². The molecule has 2 N–H and O–H groups in total. The highest BCUT2D eigenvalue weighted by Crippen LogP contribution is 2.20. The molecule has 0 aromatic heterocycles. The maximum absolute atomic E-state index is 12.1. The monoisotopic (exact) mass is 403 g/mol. The molecule has 0 atom stereocenters. The van der Waals surface area contributed by atoms with E-state index < -0.39 is 0 Å². The molecule has 1 heterocycles. The Bertz CT molecular complexity index is 728. The first-order chi connectivity index (χ1) is 12.1. The van der Waals surface area contributed by atoms with Crippen molar-refractivity contribution in [2.75, 3.05) is 48.4 Å². The number of ether oxygens (including phenoxy) is 1. The third-order valence-electron chi connectivity index (χ3n) is 4.14. The predicted molar refractivity (Wildman–Crippen MR) is 105 cm³/mol. The molecule has 132 valence electrons. The number of hydrogen-bond acceptors (Lipinski definition) is 4. The minimum Gasteiger partial charge on any atom is -0.378 e. The van der Waals surface area contributed by atoms with Crippen LogP contribution in [0.4, 0.5) is 17.1 Å². The summed E-state index contributed by atoms with van der Waals surface area (Å²) in [5.41, 5.74) is 4.02. The standard InChI is InChI=1S/C19H22BrN3O2/c1-14-12-16(4-7-18(14)20)21-13-19(24)22-15-2-5-17(6-3-15)23-8-10-25-11-9-23/h2-7,12,21H,8-11,13H2,1H3,(H,22,24). The number of morpholine rings is 1. The first-order valence-corrected chi connectivity index (χ1v) is 9.14. The number of anilines is 3. The van der Waals surface area contributed by atoms with E-state index in [1.807, 2.05) is 49.4 Å². The van der Waals surface area contributed by atoms with Crippen LogP contribution in [0.25, 0.3) is 0 Å². The minimum absolute atomic E-state index is 0.0697. The van der Waals surface area contributed by atoms with Crippen LogP contribution in [-0.4, -0.2) is 38.8 Å². The lowest BCUT2D eigenvalue weighted by molar-refractivity contribution is -0.114. The number of carbonyl (C=O) groups excluding carboxylic acids is 1. The molecule has 1 amide bonds. The molecule has 0 spiro atoms. The van der Waals surface area contributed by atoms with Gasteiger partial charge in [0.05, 0.1) is 19.8 Å². The van der Waals surface area contributed by atoms with Gasteiger partial charge in [-0.25, -0.2) is 0 Å². The maximum Gasteiger partial charge on any atom is 0.243 e. The molecule has 0 saturated carbocycles. The number of nitrogens with zero attached hydrogens (tertiary/aromatic N) is 1. The number of halogens is 1. The Hall–Kier alpha value is -2.05. The summed E-state index contributed by atoms with van der Waals surface area (Å²) < 4.78 is 6.42. The Balaban J connectivity index is 1.51. The lowest BCUT2D eigenvalue weighted by atomic mass is 10.2. The van der Waals surface area contributed by atoms with Crippen LogP contribution < -0.4 is 15.5 Å². The van der Waals surface area contributed by atoms with Crippen molar-refractivity contribution in [3.63, 3.8) is 0 Å². The second-order valence-corrected chi connectivity index (χ2v) is 6.87. The van der Waals surface area contributed by atoms with Gasteiger partial charge in [0.15, 0.2) is 0 Å². The maximum atomic E-state index is 12.1. The average Bonchev–Trinajstić information content (AvgIpc) is 2.64. The fourth-order valence-electron chi connectivity index (χ4n) is 2.72. The Labute approximate surface area is 156 Å². The van der Waals surface area contributed by atoms with Gasteiger partial charge in [0, 0.05) is 34.6 Å². The number of benzene rings is 2. The zero-order valence-corrected chi connectivity index (χ0v) is 15.8. The molecule has 1 saturated heterocycles. The molecule has 0 aliphatic carbocycles. The van der Waals surface area contributed by atoms with Crippen molar-refractivity contribution >= 4 is 38.9 Å². The van der Waals surface area contributed by atoms with E-state index in [0.717, 1.165) is 53.4 Å². The van der Waals surface area contributed by atoms with Gasteiger partial charge in [-0.2, -0.15) is 0 Å². The van der Waals surface area contributed by atoms with E-state index in [-0.39, 0.29) is 12.5 Å². The summed E-state index contributed by atoms with van der Waals surface area (Å²) in [5, 5.41) is 6.06. The second kappa shape index (κ2) is 8.36. The van der Waals surface area contributed by atoms with Crippen molar-refractivity contribution < 1.29 is 9.53 Å². The third kappa shape index (κ3) is 4.96. The molecule has 2 aromatic rings. The Morgan fingerprint density at radius 1 is 1.12 bits per heavy atom. The molecule has 0 radical (unpaired) electrons. The van der Waals surface area contributed by atoms with Gasteiger partial charge in [-0.05, 0) is 55.0 Å². The zero-order chi connectivity index (χ0) is 17.6. The highest BCUT2D eigenvalue weighted by molar-refractivity contribution is 9.10. The molecule has 25 heavy (non-hydrogen) atoms. The fraction of sp³-hybridized carbons (Fsp3) is 0.316. The summed E-state index contributed by atoms with van der Waals surface area (Å²) in [5.74, 6) is -0.0697. The van der Waals surface area contributed by atoms with E-state index in [4.69, 9.17) is 4.74 Å². The van der Waals surface area contributed by atoms with E-state index in [1.165, 1.54) is 0 Å². The van der Waals surface area contributed by atoms with Crippen molar-refractivity contribution in [2.24, 2.45) is 0 Å². The molecule has 6 heteroatoms. The number of nitrogens with one attached hydrogen (secondary N) is 2. The molecule has 0 bridgehead atoms. The predicted octanol–water partition coefficient (Wildman–Crippen LogP) is 3.64. The summed E-state index contributed by atoms with van der Waals surface area (Å²) >= 11 is 3.47. The third-order valence-corrected chi connectivity index (χ3v) is 5.03. The number of hydrogen-bond donors (Lipinski definition) is 2. The Morgan fingerprint density at radius 3 is 2.48 bits per heavy atom. The smallest absolute Gasteiger partial charge is 0.243 e. The first-order valence-electron chi connectivity index (χ1n) is 8.34. The van der Waals surface area contributed by atoms with Gasteiger partial charge in [-0.1, -0.05) is 15.9 Å². The zero-order valence-electron chi connectivity index (χ0n) is 14.2. The fourth-order valence-corrected chi connectivity index (χ4v) is 2.97. The highest BCUT2D eigenvalue weighted by atomic mass is 79.9. The first kappa shape index (κ1) is 17.8. The molecule has 1 aliphatic rings. The summed E-state index contributed by atoms with van der Waals surface area (Å²) in [6.07, 6.45) is 0. The van der Waals surface area contributed by atoms with Crippen molar-refractivity contribution in [1.29, 1.82) is 0 Å². The van der Waals surface area contributed by atoms with Gasteiger partial charge >= 0.3 is 0 Å². The molecule has 1 aliphatic heterocycles. The molecule has 0 unspecified atom stereocenters. The van der Waals surface area contributed by atoms with Gasteiger partial charge in [0.2, 0.25) is 5.91 Å². The second-order valence-electron chi connectivity index (χ2n) is 6.01. The van der Waals surface area contributed by atoms with E-state index in [0.29, 0.717) is 0 Å². The minimum atomic E-state index is -0.0697. The Morgan fingerprint density at radius 2 is 1.80 bits per heavy atom. The average molecular weight is 404 g/mol. The number of amides is 1. The van der Waals surface area contributed by atoms with Crippen LogP contribution in [0.5, 0.6) is 0 Å². The molecule has 2 aromatic carbocycles. The molecular weight excluding hydrogens is 382 g/mol. The number of aryl methyl sites for hydroxylation is 1. The van der Waals surface area contributed by atoms with Crippen molar-refractivity contribution in [3.05, 3.63) is 52.5 Å². The largest absolute Gasteiger partial charge is 0.378 e. The van der Waals surface area contributed by atoms with Crippen molar-refractivity contribution in [1.82, 2.24) is 0 Å². The van der Waals surface area contributed by atoms with E-state index >= 15 is 0 Å². The summed E-state index contributed by atoms with van der Waals surface area (Å²) in [6.45, 7) is 5.58. The molecule has 3 rings (SSSR count). The van der Waals surface area contributed by atoms with Crippen LogP contribution in [0.15, 0.2) is 46.9 Å². The normalized spacial score (nSPS) is 14.2. The summed E-state index contributed by atoms with van der Waals surface area (Å²) in [7, 11) is 0. The highest BCUT2D eigenvalue weighted by Gasteiger charge is 2.11. The van der Waals surface area contributed by atoms with Gasteiger partial charge in [-0.3, -0.25) is 4.79 Å². The van der Waals surface area contributed by atoms with Crippen LogP contribution in [-0.2, 0) is 9.53 Å². The van der Waals surface area contributed by atoms with Crippen molar-refractivity contribution in [3.8, 4) is 0 Å². The topological polar surface area (TPSA) is 53.6 Å². The van der Waals surface area contributed by atoms with Crippen molar-refractivity contribution in [2.45, 2.75) is 6.92 Å². The van der Waals surface area contributed by atoms with E-state index in [2.05, 4.69) is 31.5 Å². The van der Waals surface area contributed by atoms with Gasteiger partial charge in [0.25, 0.3) is 0 Å². The summed E-state index contributed by atoms with van der Waals surface area (Å²) in [6, 6.07) is 13.9. The van der Waals surface area contributed by atoms with Gasteiger partial charge in [-0.15, -0.1) is 0 Å². The SMILES string of the molecule is Cc1cc(NCC(=O)Nc2ccc(N3CCOCC3)cc2)ccc1Br. The number of rotatable bonds is 5. The van der Waals surface area contributed by atoms with Gasteiger partial charge < -0.3 is 20.3 Å². The lowest BCUT2D eigenvalue weighted by Crippen LogP contribution is -2.36. The van der Waals surface area contributed by atoms with Gasteiger partial charge in [0.1, 0.15) is 0 Å². The molecule has 5 nitrogen and oxygen atoms in total. The van der Waals surface area contributed by atoms with E-state index in [1.54, 1.807) is 0 Å². The molecular formula is C19H22BrN3O2. The number of carbonyl (C=O) groups is 1. The van der Waals surface area contributed by atoms with Crippen LogP contribution in [0.3, 0.4) is 0 Å².